The zero-order valence-corrected chi connectivity index (χ0v) is 14.7. The van der Waals surface area contributed by atoms with E-state index in [4.69, 9.17) is 11.6 Å². The number of hydrogen-bond donors (Lipinski definition) is 2. The molecule has 0 radical (unpaired) electrons. The molecule has 0 bridgehead atoms. The molecule has 6 heteroatoms. The molecule has 1 fully saturated rings. The summed E-state index contributed by atoms with van der Waals surface area (Å²) in [5.74, 6) is 1.02. The van der Waals surface area contributed by atoms with Gasteiger partial charge in [-0.1, -0.05) is 30.5 Å². The maximum atomic E-state index is 12.5. The van der Waals surface area contributed by atoms with Crippen LogP contribution in [0.1, 0.15) is 47.6 Å². The Balaban J connectivity index is 1.78. The Labute approximate surface area is 146 Å². The van der Waals surface area contributed by atoms with Crippen LogP contribution in [-0.4, -0.2) is 21.9 Å². The Morgan fingerprint density at radius 1 is 1.21 bits per heavy atom. The fraction of sp³-hybridized carbons (Fsp3) is 0.389. The summed E-state index contributed by atoms with van der Waals surface area (Å²) in [6.45, 7) is 3.66. The predicted molar refractivity (Wildman–Crippen MR) is 96.8 cm³/mol. The maximum Gasteiger partial charge on any atom is 0.274 e. The van der Waals surface area contributed by atoms with Crippen molar-refractivity contribution in [2.24, 2.45) is 0 Å². The van der Waals surface area contributed by atoms with Gasteiger partial charge in [0, 0.05) is 22.8 Å². The highest BCUT2D eigenvalue weighted by Crippen LogP contribution is 2.24. The number of rotatable bonds is 4. The van der Waals surface area contributed by atoms with Gasteiger partial charge in [-0.15, -0.1) is 0 Å². The van der Waals surface area contributed by atoms with E-state index in [1.807, 2.05) is 19.1 Å². The molecule has 2 aromatic rings. The van der Waals surface area contributed by atoms with E-state index in [9.17, 15) is 4.79 Å². The zero-order valence-electron chi connectivity index (χ0n) is 13.9. The number of nitrogens with one attached hydrogen (secondary N) is 2. The third-order valence-corrected chi connectivity index (χ3v) is 4.70. The third-order valence-electron chi connectivity index (χ3n) is 4.29. The van der Waals surface area contributed by atoms with Gasteiger partial charge in [0.2, 0.25) is 0 Å². The van der Waals surface area contributed by atoms with Gasteiger partial charge in [0.15, 0.2) is 0 Å². The second-order valence-corrected chi connectivity index (χ2v) is 6.59. The highest BCUT2D eigenvalue weighted by molar-refractivity contribution is 6.31. The maximum absolute atomic E-state index is 12.5. The largest absolute Gasteiger partial charge is 0.367 e. The van der Waals surface area contributed by atoms with Gasteiger partial charge in [-0.25, -0.2) is 9.97 Å². The number of carbonyl (C=O) groups excluding carboxylic acids is 1. The minimum Gasteiger partial charge on any atom is -0.367 e. The van der Waals surface area contributed by atoms with Gasteiger partial charge < -0.3 is 10.6 Å². The van der Waals surface area contributed by atoms with Crippen molar-refractivity contribution in [2.45, 2.75) is 45.6 Å². The first-order chi connectivity index (χ1) is 11.5. The van der Waals surface area contributed by atoms with Crippen LogP contribution in [0.5, 0.6) is 0 Å². The number of aryl methyl sites for hydroxylation is 1. The van der Waals surface area contributed by atoms with E-state index in [0.29, 0.717) is 34.1 Å². The molecule has 0 atom stereocenters. The first kappa shape index (κ1) is 16.7. The molecule has 1 aromatic carbocycles. The van der Waals surface area contributed by atoms with E-state index in [1.165, 1.54) is 12.8 Å². The van der Waals surface area contributed by atoms with Crippen molar-refractivity contribution >= 4 is 29.0 Å². The molecule has 126 valence electrons. The van der Waals surface area contributed by atoms with Crippen LogP contribution in [0.15, 0.2) is 24.3 Å². The van der Waals surface area contributed by atoms with E-state index in [2.05, 4.69) is 20.6 Å². The van der Waals surface area contributed by atoms with Crippen LogP contribution in [-0.2, 0) is 0 Å². The number of aromatic nitrogens is 2. The summed E-state index contributed by atoms with van der Waals surface area (Å²) in [6, 6.07) is 7.57. The van der Waals surface area contributed by atoms with E-state index >= 15 is 0 Å². The van der Waals surface area contributed by atoms with Gasteiger partial charge in [-0.2, -0.15) is 0 Å². The molecule has 1 heterocycles. The van der Waals surface area contributed by atoms with Crippen LogP contribution < -0.4 is 10.6 Å². The summed E-state index contributed by atoms with van der Waals surface area (Å²) in [7, 11) is 0. The van der Waals surface area contributed by atoms with Gasteiger partial charge >= 0.3 is 0 Å². The molecule has 0 aliphatic heterocycles. The number of benzene rings is 1. The smallest absolute Gasteiger partial charge is 0.274 e. The lowest BCUT2D eigenvalue weighted by Gasteiger charge is -2.14. The number of hydrogen-bond acceptors (Lipinski definition) is 4. The minimum atomic E-state index is -0.264. The van der Waals surface area contributed by atoms with Crippen LogP contribution in [0.4, 0.5) is 11.5 Å². The van der Waals surface area contributed by atoms with Gasteiger partial charge in [0.25, 0.3) is 5.91 Å². The highest BCUT2D eigenvalue weighted by Gasteiger charge is 2.17. The van der Waals surface area contributed by atoms with Gasteiger partial charge in [0.05, 0.1) is 0 Å². The fourth-order valence-electron chi connectivity index (χ4n) is 2.97. The molecular weight excluding hydrogens is 324 g/mol. The summed E-state index contributed by atoms with van der Waals surface area (Å²) >= 11 is 6.10. The van der Waals surface area contributed by atoms with E-state index in [-0.39, 0.29) is 5.91 Å². The zero-order chi connectivity index (χ0) is 17.1. The Morgan fingerprint density at radius 2 is 1.96 bits per heavy atom. The normalized spacial score (nSPS) is 14.6. The molecule has 0 spiro atoms. The van der Waals surface area contributed by atoms with Gasteiger partial charge in [-0.3, -0.25) is 4.79 Å². The van der Waals surface area contributed by atoms with Crippen LogP contribution in [0.2, 0.25) is 5.02 Å². The number of nitrogens with zero attached hydrogens (tertiary/aromatic N) is 2. The lowest BCUT2D eigenvalue weighted by molar-refractivity contribution is 0.102. The molecule has 2 N–H and O–H groups in total. The fourth-order valence-corrected chi connectivity index (χ4v) is 3.14. The quantitative estimate of drug-likeness (QED) is 0.865. The summed E-state index contributed by atoms with van der Waals surface area (Å²) in [4.78, 5) is 21.2. The van der Waals surface area contributed by atoms with Crippen LogP contribution in [0.3, 0.4) is 0 Å². The standard InChI is InChI=1S/C18H21ClN4O/c1-11-14(19)8-5-9-15(11)23-18(24)16-10-17(21-12(2)20-16)22-13-6-3-4-7-13/h5,8-10,13H,3-4,6-7H2,1-2H3,(H,23,24)(H,20,21,22). The predicted octanol–water partition coefficient (Wildman–Crippen LogP) is 4.35. The SMILES string of the molecule is Cc1nc(NC2CCCC2)cc(C(=O)Nc2cccc(Cl)c2C)n1. The van der Waals surface area contributed by atoms with Crippen molar-refractivity contribution in [3.05, 3.63) is 46.4 Å². The van der Waals surface area contributed by atoms with Crippen LogP contribution in [0.25, 0.3) is 0 Å². The lowest BCUT2D eigenvalue weighted by atomic mass is 10.2. The molecule has 3 rings (SSSR count). The molecule has 1 amide bonds. The first-order valence-electron chi connectivity index (χ1n) is 8.21. The lowest BCUT2D eigenvalue weighted by Crippen LogP contribution is -2.19. The van der Waals surface area contributed by atoms with Crippen LogP contribution in [0, 0.1) is 13.8 Å². The Bertz CT molecular complexity index is 757. The molecule has 1 aliphatic carbocycles. The average molecular weight is 345 g/mol. The number of amides is 1. The first-order valence-corrected chi connectivity index (χ1v) is 8.59. The van der Waals surface area contributed by atoms with Crippen molar-refractivity contribution in [3.63, 3.8) is 0 Å². The molecule has 1 aliphatic rings. The molecule has 5 nitrogen and oxygen atoms in total. The summed E-state index contributed by atoms with van der Waals surface area (Å²) in [6.07, 6.45) is 4.77. The second-order valence-electron chi connectivity index (χ2n) is 6.18. The van der Waals surface area contributed by atoms with E-state index in [0.717, 1.165) is 18.4 Å². The molecule has 0 saturated heterocycles. The Kier molecular flexibility index (Phi) is 5.00. The van der Waals surface area contributed by atoms with Crippen molar-refractivity contribution in [3.8, 4) is 0 Å². The summed E-state index contributed by atoms with van der Waals surface area (Å²) < 4.78 is 0. The molecule has 1 aromatic heterocycles. The van der Waals surface area contributed by atoms with Crippen molar-refractivity contribution < 1.29 is 4.79 Å². The second kappa shape index (κ2) is 7.18. The molecule has 1 saturated carbocycles. The molecular formula is C18H21ClN4O. The number of anilines is 2. The monoisotopic (exact) mass is 344 g/mol. The summed E-state index contributed by atoms with van der Waals surface area (Å²) in [5, 5.41) is 6.90. The Morgan fingerprint density at radius 3 is 2.71 bits per heavy atom. The third kappa shape index (κ3) is 3.85. The van der Waals surface area contributed by atoms with E-state index < -0.39 is 0 Å². The van der Waals surface area contributed by atoms with Crippen molar-refractivity contribution in [1.82, 2.24) is 9.97 Å². The van der Waals surface area contributed by atoms with Gasteiger partial charge in [0.1, 0.15) is 17.3 Å². The average Bonchev–Trinajstić information content (AvgIpc) is 3.04. The van der Waals surface area contributed by atoms with Crippen molar-refractivity contribution in [2.75, 3.05) is 10.6 Å². The number of halogens is 1. The Hall–Kier alpha value is -2.14. The minimum absolute atomic E-state index is 0.264. The van der Waals surface area contributed by atoms with Gasteiger partial charge in [-0.05, 0) is 44.4 Å². The molecule has 0 unspecified atom stereocenters. The molecule has 24 heavy (non-hydrogen) atoms. The topological polar surface area (TPSA) is 66.9 Å². The van der Waals surface area contributed by atoms with Crippen molar-refractivity contribution in [1.29, 1.82) is 0 Å². The highest BCUT2D eigenvalue weighted by atomic mass is 35.5. The number of carbonyl (C=O) groups is 1. The van der Waals surface area contributed by atoms with E-state index in [1.54, 1.807) is 19.1 Å². The summed E-state index contributed by atoms with van der Waals surface area (Å²) in [5.41, 5.74) is 1.87. The van der Waals surface area contributed by atoms with Crippen LogP contribution >= 0.6 is 11.6 Å².